The number of Topliss-reactive ketones (excluding diaryl/α,β-unsaturated/α-hetero) is 4. The van der Waals surface area contributed by atoms with Crippen molar-refractivity contribution in [2.24, 2.45) is 32.5 Å². The molecule has 0 N–H and O–H groups in total. The van der Waals surface area contributed by atoms with Crippen molar-refractivity contribution in [2.75, 3.05) is 13.2 Å². The molecule has 0 aliphatic carbocycles. The maximum atomic E-state index is 11.7. The monoisotopic (exact) mass is 767 g/mol. The maximum absolute atomic E-state index is 11.7. The second-order valence-corrected chi connectivity index (χ2v) is 21.7. The average Bonchev–Trinajstić information content (AvgIpc) is 2.91. The molecule has 0 fully saturated rings. The van der Waals surface area contributed by atoms with Gasteiger partial charge in [-0.2, -0.15) is 0 Å². The third-order valence-corrected chi connectivity index (χ3v) is 7.54. The van der Waals surface area contributed by atoms with Crippen LogP contribution in [0.1, 0.15) is 198 Å². The Balaban J connectivity index is -0.000000317. The van der Waals surface area contributed by atoms with E-state index in [0.717, 1.165) is 31.3 Å². The Morgan fingerprint density at radius 2 is 0.704 bits per heavy atom. The van der Waals surface area contributed by atoms with E-state index in [1.54, 1.807) is 6.08 Å². The van der Waals surface area contributed by atoms with Crippen molar-refractivity contribution >= 4 is 34.9 Å². The molecule has 0 amide bonds. The van der Waals surface area contributed by atoms with Gasteiger partial charge in [-0.3, -0.25) is 28.8 Å². The molecule has 0 saturated heterocycles. The summed E-state index contributed by atoms with van der Waals surface area (Å²) in [4.78, 5) is 68.7. The minimum atomic E-state index is -0.398. The molecule has 54 heavy (non-hydrogen) atoms. The van der Waals surface area contributed by atoms with Crippen LogP contribution in [0.4, 0.5) is 0 Å². The number of unbranched alkanes of at least 4 members (excludes halogenated alkanes) is 3. The number of rotatable bonds is 12. The molecule has 8 nitrogen and oxygen atoms in total. The van der Waals surface area contributed by atoms with E-state index in [0.29, 0.717) is 24.4 Å². The lowest BCUT2D eigenvalue weighted by Crippen LogP contribution is -2.31. The number of ketones is 5. The van der Waals surface area contributed by atoms with Crippen LogP contribution in [-0.4, -0.2) is 53.7 Å². The SMILES string of the molecule is CC(C)(C)C(=O)CCCCCCC(=O)C(C)(C)C.CC(C)(C)C(=O)COCC(=O)C(C)(C)C.CC(C)(C)OC(=O)C(C)(C)C.CC(C)=CC(=O)C(C)(C)C. The van der Waals surface area contributed by atoms with E-state index in [-0.39, 0.29) is 58.4 Å². The van der Waals surface area contributed by atoms with Crippen LogP contribution in [0.15, 0.2) is 11.6 Å². The molecule has 0 aliphatic heterocycles. The van der Waals surface area contributed by atoms with Gasteiger partial charge < -0.3 is 9.47 Å². The summed E-state index contributed by atoms with van der Waals surface area (Å²) >= 11 is 0. The van der Waals surface area contributed by atoms with Crippen molar-refractivity contribution in [2.45, 2.75) is 203 Å². The molecule has 0 aliphatic rings. The van der Waals surface area contributed by atoms with E-state index in [9.17, 15) is 28.8 Å². The second-order valence-electron chi connectivity index (χ2n) is 21.7. The van der Waals surface area contributed by atoms with Crippen LogP contribution in [0.3, 0.4) is 0 Å². The quantitative estimate of drug-likeness (QED) is 0.109. The highest BCUT2D eigenvalue weighted by molar-refractivity contribution is 5.94. The van der Waals surface area contributed by atoms with Crippen LogP contribution in [0, 0.1) is 32.5 Å². The first-order valence-electron chi connectivity index (χ1n) is 19.7. The van der Waals surface area contributed by atoms with Crippen molar-refractivity contribution in [1.82, 2.24) is 0 Å². The van der Waals surface area contributed by atoms with E-state index in [1.165, 1.54) is 0 Å². The number of hydrogen-bond donors (Lipinski definition) is 0. The molecular weight excluding hydrogens is 680 g/mol. The predicted octanol–water partition coefficient (Wildman–Crippen LogP) is 11.7. The minimum absolute atomic E-state index is 0.0178. The summed E-state index contributed by atoms with van der Waals surface area (Å²) < 4.78 is 10.3. The van der Waals surface area contributed by atoms with Crippen molar-refractivity contribution in [3.05, 3.63) is 11.6 Å². The Hall–Kier alpha value is -2.48. The van der Waals surface area contributed by atoms with Gasteiger partial charge in [-0.05, 0) is 74.3 Å². The van der Waals surface area contributed by atoms with Crippen molar-refractivity contribution < 1.29 is 38.2 Å². The fraction of sp³-hybridized carbons (Fsp3) is 0.826. The van der Waals surface area contributed by atoms with Crippen molar-refractivity contribution in [3.8, 4) is 0 Å². The second kappa shape index (κ2) is 24.2. The third-order valence-electron chi connectivity index (χ3n) is 7.54. The fourth-order valence-electron chi connectivity index (χ4n) is 3.25. The topological polar surface area (TPSA) is 121 Å². The average molecular weight is 767 g/mol. The number of carbonyl (C=O) groups is 6. The molecule has 0 heterocycles. The normalized spacial score (nSPS) is 12.4. The number of hydrogen-bond acceptors (Lipinski definition) is 8. The Labute approximate surface area is 333 Å². The van der Waals surface area contributed by atoms with Crippen LogP contribution in [-0.2, 0) is 38.2 Å². The molecule has 0 unspecified atom stereocenters. The van der Waals surface area contributed by atoms with Gasteiger partial charge in [-0.15, -0.1) is 0 Å². The van der Waals surface area contributed by atoms with E-state index in [2.05, 4.69) is 0 Å². The lowest BCUT2D eigenvalue weighted by molar-refractivity contribution is -0.164. The highest BCUT2D eigenvalue weighted by atomic mass is 16.6. The highest BCUT2D eigenvalue weighted by Gasteiger charge is 2.28. The summed E-state index contributed by atoms with van der Waals surface area (Å²) in [5.41, 5.74) is -1.13. The van der Waals surface area contributed by atoms with Crippen LogP contribution in [0.5, 0.6) is 0 Å². The summed E-state index contributed by atoms with van der Waals surface area (Å²) in [5, 5.41) is 0. The molecule has 0 spiro atoms. The van der Waals surface area contributed by atoms with Crippen LogP contribution in [0.25, 0.3) is 0 Å². The van der Waals surface area contributed by atoms with Crippen molar-refractivity contribution in [3.63, 3.8) is 0 Å². The zero-order valence-corrected chi connectivity index (χ0v) is 39.5. The van der Waals surface area contributed by atoms with E-state index < -0.39 is 16.2 Å². The molecule has 0 rings (SSSR count). The zero-order chi connectivity index (χ0) is 44.3. The molecule has 0 radical (unpaired) electrons. The largest absolute Gasteiger partial charge is 0.460 e. The molecule has 0 aromatic rings. The van der Waals surface area contributed by atoms with Gasteiger partial charge >= 0.3 is 5.97 Å². The first kappa shape index (κ1) is 58.2. The van der Waals surface area contributed by atoms with Gasteiger partial charge in [0, 0.05) is 39.9 Å². The van der Waals surface area contributed by atoms with Gasteiger partial charge in [0.05, 0.1) is 5.41 Å². The summed E-state index contributed by atoms with van der Waals surface area (Å²) in [7, 11) is 0. The van der Waals surface area contributed by atoms with Gasteiger partial charge in [-0.1, -0.05) is 122 Å². The van der Waals surface area contributed by atoms with Gasteiger partial charge in [0.1, 0.15) is 30.4 Å². The first-order chi connectivity index (χ1) is 23.6. The van der Waals surface area contributed by atoms with E-state index in [4.69, 9.17) is 9.47 Å². The molecular formula is C46H86O8. The molecule has 8 heteroatoms. The third kappa shape index (κ3) is 35.2. The predicted molar refractivity (Wildman–Crippen MR) is 226 cm³/mol. The van der Waals surface area contributed by atoms with Gasteiger partial charge in [0.15, 0.2) is 17.3 Å². The number of esters is 1. The molecule has 0 aromatic carbocycles. The molecule has 0 saturated carbocycles. The summed E-state index contributed by atoms with van der Waals surface area (Å²) in [6.07, 6.45) is 7.07. The Kier molecular flexibility index (Phi) is 26.1. The Morgan fingerprint density at radius 3 is 0.870 bits per heavy atom. The summed E-state index contributed by atoms with van der Waals surface area (Å²) in [5.74, 6) is 0.771. The molecule has 0 aromatic heterocycles. The molecule has 318 valence electrons. The summed E-state index contributed by atoms with van der Waals surface area (Å²) in [6.45, 7) is 43.7. The van der Waals surface area contributed by atoms with Crippen molar-refractivity contribution in [1.29, 1.82) is 0 Å². The lowest BCUT2D eigenvalue weighted by atomic mass is 9.86. The summed E-state index contributed by atoms with van der Waals surface area (Å²) in [6, 6.07) is 0. The number of allylic oxidation sites excluding steroid dienone is 2. The fourth-order valence-corrected chi connectivity index (χ4v) is 3.25. The molecule has 0 atom stereocenters. The standard InChI is InChI=1S/C16H30O2.C12H22O3.C9H18O2.C9H16O/c1-15(2,3)13(17)11-9-7-8-10-12-14(18)16(4,5)6;1-11(2,3)9(13)7-15-8-10(14)12(4,5)6;1-8(2,3)7(10)11-9(4,5)6;1-7(2)6-8(10)9(3,4)5/h7-12H2,1-6H3;7-8H2,1-6H3;1-6H3;6H,1-5H3. The van der Waals surface area contributed by atoms with E-state index >= 15 is 0 Å². The van der Waals surface area contributed by atoms with Gasteiger partial charge in [-0.25, -0.2) is 0 Å². The van der Waals surface area contributed by atoms with Gasteiger partial charge in [0.25, 0.3) is 0 Å². The van der Waals surface area contributed by atoms with Crippen LogP contribution < -0.4 is 0 Å². The van der Waals surface area contributed by atoms with Gasteiger partial charge in [0.2, 0.25) is 0 Å². The lowest BCUT2D eigenvalue weighted by Gasteiger charge is -2.25. The first-order valence-corrected chi connectivity index (χ1v) is 19.7. The molecule has 0 bridgehead atoms. The Morgan fingerprint density at radius 1 is 0.407 bits per heavy atom. The number of ether oxygens (including phenoxy) is 2. The highest BCUT2D eigenvalue weighted by Crippen LogP contribution is 2.22. The minimum Gasteiger partial charge on any atom is -0.460 e. The van der Waals surface area contributed by atoms with Crippen LogP contribution >= 0.6 is 0 Å². The maximum Gasteiger partial charge on any atom is 0.311 e. The number of carbonyl (C=O) groups excluding carboxylic acids is 6. The zero-order valence-electron chi connectivity index (χ0n) is 39.5. The Bertz CT molecular complexity index is 1140. The van der Waals surface area contributed by atoms with E-state index in [1.807, 2.05) is 159 Å². The smallest absolute Gasteiger partial charge is 0.311 e. The van der Waals surface area contributed by atoms with Crippen LogP contribution in [0.2, 0.25) is 0 Å².